The number of rotatable bonds is 3. The Bertz CT molecular complexity index is 634. The molecule has 20 heavy (non-hydrogen) atoms. The third-order valence-corrected chi connectivity index (χ3v) is 3.46. The predicted molar refractivity (Wildman–Crippen MR) is 84.8 cm³/mol. The highest BCUT2D eigenvalue weighted by Gasteiger charge is 2.09. The molecule has 2 aromatic carbocycles. The minimum atomic E-state index is -0.377. The van der Waals surface area contributed by atoms with E-state index in [-0.39, 0.29) is 6.03 Å². The Kier molecular flexibility index (Phi) is 4.87. The van der Waals surface area contributed by atoms with Crippen molar-refractivity contribution in [2.24, 2.45) is 0 Å². The van der Waals surface area contributed by atoms with Gasteiger partial charge in [-0.1, -0.05) is 23.7 Å². The van der Waals surface area contributed by atoms with Gasteiger partial charge in [-0.05, 0) is 46.3 Å². The van der Waals surface area contributed by atoms with Gasteiger partial charge >= 0.3 is 6.03 Å². The van der Waals surface area contributed by atoms with E-state index >= 15 is 0 Å². The second kappa shape index (κ2) is 6.63. The molecular formula is C14H12BrClN2O2. The number of amides is 2. The quantitative estimate of drug-likeness (QED) is 0.834. The summed E-state index contributed by atoms with van der Waals surface area (Å²) in [5, 5.41) is 5.95. The number of benzene rings is 2. The normalized spacial score (nSPS) is 9.95. The number of urea groups is 1. The van der Waals surface area contributed by atoms with Gasteiger partial charge < -0.3 is 15.4 Å². The van der Waals surface area contributed by atoms with Crippen LogP contribution in [0.4, 0.5) is 16.2 Å². The Labute approximate surface area is 130 Å². The summed E-state index contributed by atoms with van der Waals surface area (Å²) >= 11 is 9.27. The molecule has 2 N–H and O–H groups in total. The maximum atomic E-state index is 12.0. The number of nitrogens with one attached hydrogen (secondary N) is 2. The molecular weight excluding hydrogens is 344 g/mol. The van der Waals surface area contributed by atoms with Gasteiger partial charge in [0.25, 0.3) is 0 Å². The van der Waals surface area contributed by atoms with E-state index in [1.807, 2.05) is 18.2 Å². The molecule has 2 amide bonds. The number of hydrogen-bond donors (Lipinski definition) is 2. The molecule has 0 bridgehead atoms. The molecule has 0 fully saturated rings. The number of anilines is 2. The molecule has 0 atom stereocenters. The van der Waals surface area contributed by atoms with Crippen molar-refractivity contribution in [3.8, 4) is 5.75 Å². The summed E-state index contributed by atoms with van der Waals surface area (Å²) in [4.78, 5) is 12.0. The van der Waals surface area contributed by atoms with Crippen LogP contribution >= 0.6 is 27.5 Å². The van der Waals surface area contributed by atoms with Gasteiger partial charge in [0.2, 0.25) is 0 Å². The minimum absolute atomic E-state index is 0.377. The molecule has 104 valence electrons. The van der Waals surface area contributed by atoms with E-state index in [1.54, 1.807) is 24.3 Å². The molecule has 2 aromatic rings. The summed E-state index contributed by atoms with van der Waals surface area (Å²) in [6, 6.07) is 12.0. The molecule has 0 aliphatic heterocycles. The van der Waals surface area contributed by atoms with Crippen molar-refractivity contribution in [2.45, 2.75) is 0 Å². The van der Waals surface area contributed by atoms with Crippen LogP contribution in [0.1, 0.15) is 0 Å². The zero-order valence-corrected chi connectivity index (χ0v) is 13.0. The van der Waals surface area contributed by atoms with Gasteiger partial charge in [-0.2, -0.15) is 0 Å². The second-order valence-electron chi connectivity index (χ2n) is 3.90. The Morgan fingerprint density at radius 2 is 1.85 bits per heavy atom. The van der Waals surface area contributed by atoms with Gasteiger partial charge in [0.1, 0.15) is 5.75 Å². The number of hydrogen-bond acceptors (Lipinski definition) is 2. The van der Waals surface area contributed by atoms with E-state index in [0.717, 1.165) is 4.47 Å². The lowest BCUT2D eigenvalue weighted by Crippen LogP contribution is -2.20. The highest BCUT2D eigenvalue weighted by molar-refractivity contribution is 9.10. The van der Waals surface area contributed by atoms with E-state index in [0.29, 0.717) is 22.1 Å². The summed E-state index contributed by atoms with van der Waals surface area (Å²) in [6.07, 6.45) is 0. The van der Waals surface area contributed by atoms with Gasteiger partial charge in [-0.25, -0.2) is 4.79 Å². The van der Waals surface area contributed by atoms with E-state index in [2.05, 4.69) is 26.6 Å². The van der Waals surface area contributed by atoms with Crippen LogP contribution in [-0.2, 0) is 0 Å². The molecule has 2 rings (SSSR count). The number of carbonyl (C=O) groups excluding carboxylic acids is 1. The molecule has 0 aromatic heterocycles. The fourth-order valence-corrected chi connectivity index (χ4v) is 2.17. The topological polar surface area (TPSA) is 50.4 Å². The third-order valence-electron chi connectivity index (χ3n) is 2.53. The average molecular weight is 356 g/mol. The standard InChI is InChI=1S/C14H12BrClN2O2/c1-20-13-7-6-9(16)8-12(13)18-14(19)17-11-5-3-2-4-10(11)15/h2-8H,1H3,(H2,17,18,19). The summed E-state index contributed by atoms with van der Waals surface area (Å²) < 4.78 is 5.96. The maximum absolute atomic E-state index is 12.0. The molecule has 0 unspecified atom stereocenters. The van der Waals surface area contributed by atoms with Crippen LogP contribution in [0.3, 0.4) is 0 Å². The van der Waals surface area contributed by atoms with Crippen molar-refractivity contribution in [1.82, 2.24) is 0 Å². The van der Waals surface area contributed by atoms with Crippen LogP contribution in [0.15, 0.2) is 46.9 Å². The van der Waals surface area contributed by atoms with Crippen LogP contribution in [-0.4, -0.2) is 13.1 Å². The monoisotopic (exact) mass is 354 g/mol. The Balaban J connectivity index is 2.12. The van der Waals surface area contributed by atoms with Crippen molar-refractivity contribution in [3.05, 3.63) is 52.0 Å². The highest BCUT2D eigenvalue weighted by Crippen LogP contribution is 2.28. The van der Waals surface area contributed by atoms with Crippen LogP contribution in [0.25, 0.3) is 0 Å². The highest BCUT2D eigenvalue weighted by atomic mass is 79.9. The summed E-state index contributed by atoms with van der Waals surface area (Å²) in [6.45, 7) is 0. The molecule has 4 nitrogen and oxygen atoms in total. The lowest BCUT2D eigenvalue weighted by atomic mass is 10.3. The van der Waals surface area contributed by atoms with Crippen molar-refractivity contribution in [2.75, 3.05) is 17.7 Å². The smallest absolute Gasteiger partial charge is 0.323 e. The molecule has 0 aliphatic rings. The SMILES string of the molecule is COc1ccc(Cl)cc1NC(=O)Nc1ccccc1Br. The molecule has 6 heteroatoms. The fourth-order valence-electron chi connectivity index (χ4n) is 1.62. The molecule has 0 saturated heterocycles. The number of carbonyl (C=O) groups is 1. The van der Waals surface area contributed by atoms with Crippen LogP contribution in [0.5, 0.6) is 5.75 Å². The zero-order valence-electron chi connectivity index (χ0n) is 10.6. The lowest BCUT2D eigenvalue weighted by molar-refractivity contribution is 0.262. The summed E-state index contributed by atoms with van der Waals surface area (Å²) in [7, 11) is 1.53. The van der Waals surface area contributed by atoms with Crippen molar-refractivity contribution < 1.29 is 9.53 Å². The zero-order chi connectivity index (χ0) is 14.5. The van der Waals surface area contributed by atoms with Gasteiger partial charge in [0.15, 0.2) is 0 Å². The molecule has 0 saturated carbocycles. The van der Waals surface area contributed by atoms with Gasteiger partial charge in [-0.15, -0.1) is 0 Å². The van der Waals surface area contributed by atoms with Crippen molar-refractivity contribution in [1.29, 1.82) is 0 Å². The first kappa shape index (κ1) is 14.7. The van der Waals surface area contributed by atoms with E-state index < -0.39 is 0 Å². The molecule has 0 spiro atoms. The average Bonchev–Trinajstić information content (AvgIpc) is 2.41. The van der Waals surface area contributed by atoms with E-state index in [9.17, 15) is 4.79 Å². The van der Waals surface area contributed by atoms with Crippen LogP contribution < -0.4 is 15.4 Å². The lowest BCUT2D eigenvalue weighted by Gasteiger charge is -2.12. The Morgan fingerprint density at radius 1 is 1.15 bits per heavy atom. The number of ether oxygens (including phenoxy) is 1. The first-order valence-corrected chi connectivity index (χ1v) is 6.93. The van der Waals surface area contributed by atoms with E-state index in [1.165, 1.54) is 7.11 Å². The van der Waals surface area contributed by atoms with Crippen LogP contribution in [0.2, 0.25) is 5.02 Å². The van der Waals surface area contributed by atoms with Crippen molar-refractivity contribution in [3.63, 3.8) is 0 Å². The number of para-hydroxylation sites is 1. The van der Waals surface area contributed by atoms with Gasteiger partial charge in [0, 0.05) is 9.50 Å². The van der Waals surface area contributed by atoms with Crippen molar-refractivity contribution >= 4 is 44.9 Å². The molecule has 0 radical (unpaired) electrons. The fraction of sp³-hybridized carbons (Fsp3) is 0.0714. The first-order valence-electron chi connectivity index (χ1n) is 5.76. The molecule has 0 aliphatic carbocycles. The predicted octanol–water partition coefficient (Wildman–Crippen LogP) is 4.76. The third kappa shape index (κ3) is 3.65. The Morgan fingerprint density at radius 3 is 2.55 bits per heavy atom. The summed E-state index contributed by atoms with van der Waals surface area (Å²) in [5.74, 6) is 0.539. The van der Waals surface area contributed by atoms with Gasteiger partial charge in [0.05, 0.1) is 18.5 Å². The first-order chi connectivity index (χ1) is 9.60. The maximum Gasteiger partial charge on any atom is 0.323 e. The largest absolute Gasteiger partial charge is 0.495 e. The number of halogens is 2. The Hall–Kier alpha value is -1.72. The van der Waals surface area contributed by atoms with Crippen LogP contribution in [0, 0.1) is 0 Å². The minimum Gasteiger partial charge on any atom is -0.495 e. The van der Waals surface area contributed by atoms with Gasteiger partial charge in [-0.3, -0.25) is 0 Å². The summed E-state index contributed by atoms with van der Waals surface area (Å²) in [5.41, 5.74) is 1.18. The van der Waals surface area contributed by atoms with E-state index in [4.69, 9.17) is 16.3 Å². The number of methoxy groups -OCH3 is 1. The molecule has 0 heterocycles. The second-order valence-corrected chi connectivity index (χ2v) is 5.19.